The topological polar surface area (TPSA) is 118 Å². The van der Waals surface area contributed by atoms with Crippen molar-refractivity contribution in [1.29, 1.82) is 0 Å². The Hall–Kier alpha value is -2.16. The summed E-state index contributed by atoms with van der Waals surface area (Å²) in [5.74, 6) is 6.05. The Kier molecular flexibility index (Phi) is 5.09. The van der Waals surface area contributed by atoms with Gasteiger partial charge in [0.25, 0.3) is 0 Å². The molecule has 0 spiro atoms. The Morgan fingerprint density at radius 2 is 2.29 bits per heavy atom. The van der Waals surface area contributed by atoms with Crippen LogP contribution >= 0.6 is 0 Å². The summed E-state index contributed by atoms with van der Waals surface area (Å²) in [6.07, 6.45) is 1.76. The van der Waals surface area contributed by atoms with Gasteiger partial charge in [0.15, 0.2) is 0 Å². The number of anilines is 2. The monoisotopic (exact) mass is 295 g/mol. The highest BCUT2D eigenvalue weighted by Gasteiger charge is 2.27. The highest BCUT2D eigenvalue weighted by molar-refractivity contribution is 5.79. The number of ether oxygens (including phenoxy) is 1. The quantitative estimate of drug-likeness (QED) is 0.492. The van der Waals surface area contributed by atoms with E-state index in [0.29, 0.717) is 19.1 Å². The average Bonchev–Trinajstić information content (AvgIpc) is 2.54. The fourth-order valence-corrected chi connectivity index (χ4v) is 2.32. The molecule has 4 N–H and O–H groups in total. The van der Waals surface area contributed by atoms with E-state index < -0.39 is 0 Å². The Morgan fingerprint density at radius 1 is 1.48 bits per heavy atom. The van der Waals surface area contributed by atoms with Crippen LogP contribution in [-0.4, -0.2) is 47.6 Å². The first-order valence-electron chi connectivity index (χ1n) is 7.00. The smallest absolute Gasteiger partial charge is 0.323 e. The highest BCUT2D eigenvalue weighted by Crippen LogP contribution is 2.22. The molecule has 0 aliphatic carbocycles. The van der Waals surface area contributed by atoms with E-state index in [1.165, 1.54) is 0 Å². The van der Waals surface area contributed by atoms with Crippen molar-refractivity contribution in [3.8, 4) is 6.01 Å². The molecular formula is C12H21N7O2. The molecule has 1 aliphatic rings. The molecule has 1 fully saturated rings. The van der Waals surface area contributed by atoms with Crippen molar-refractivity contribution in [2.75, 3.05) is 37.1 Å². The zero-order chi connectivity index (χ0) is 15.2. The molecule has 2 heterocycles. The second-order valence-corrected chi connectivity index (χ2v) is 4.72. The number of piperidine rings is 1. The van der Waals surface area contributed by atoms with Crippen molar-refractivity contribution >= 4 is 17.8 Å². The normalized spacial score (nSPS) is 18.2. The molecule has 1 saturated heterocycles. The second kappa shape index (κ2) is 7.02. The number of aromatic nitrogens is 3. The summed E-state index contributed by atoms with van der Waals surface area (Å²) < 4.78 is 5.31. The molecule has 116 valence electrons. The minimum atomic E-state index is -0.0645. The number of hydrogen-bond donors (Lipinski definition) is 3. The molecule has 1 aliphatic heterocycles. The molecule has 1 amide bonds. The maximum atomic E-state index is 11.8. The van der Waals surface area contributed by atoms with Crippen LogP contribution in [0.1, 0.15) is 19.8 Å². The van der Waals surface area contributed by atoms with Gasteiger partial charge < -0.3 is 15.0 Å². The van der Waals surface area contributed by atoms with E-state index in [9.17, 15) is 4.79 Å². The number of nitrogens with zero attached hydrogens (tertiary/aromatic N) is 4. The Bertz CT molecular complexity index is 496. The van der Waals surface area contributed by atoms with Gasteiger partial charge in [0.1, 0.15) is 0 Å². The Morgan fingerprint density at radius 3 is 2.95 bits per heavy atom. The van der Waals surface area contributed by atoms with E-state index in [1.807, 2.05) is 11.8 Å². The third-order valence-electron chi connectivity index (χ3n) is 3.33. The Balaban J connectivity index is 2.19. The van der Waals surface area contributed by atoms with Crippen LogP contribution in [-0.2, 0) is 4.79 Å². The third-order valence-corrected chi connectivity index (χ3v) is 3.33. The van der Waals surface area contributed by atoms with Crippen LogP contribution < -0.4 is 26.2 Å². The number of carbonyl (C=O) groups is 1. The van der Waals surface area contributed by atoms with E-state index in [2.05, 4.69) is 25.7 Å². The summed E-state index contributed by atoms with van der Waals surface area (Å²) in [5, 5.41) is 2.69. The summed E-state index contributed by atoms with van der Waals surface area (Å²) in [6, 6.07) is 0.220. The van der Waals surface area contributed by atoms with Crippen LogP contribution in [0, 0.1) is 5.92 Å². The molecule has 2 rings (SSSR count). The lowest BCUT2D eigenvalue weighted by atomic mass is 9.97. The van der Waals surface area contributed by atoms with Gasteiger partial charge in [0.2, 0.25) is 17.8 Å². The van der Waals surface area contributed by atoms with Gasteiger partial charge in [-0.3, -0.25) is 10.2 Å². The second-order valence-electron chi connectivity index (χ2n) is 4.72. The van der Waals surface area contributed by atoms with Crippen molar-refractivity contribution in [2.24, 2.45) is 11.8 Å². The van der Waals surface area contributed by atoms with Gasteiger partial charge >= 0.3 is 6.01 Å². The first kappa shape index (κ1) is 15.2. The lowest BCUT2D eigenvalue weighted by molar-refractivity contribution is -0.124. The van der Waals surface area contributed by atoms with Gasteiger partial charge in [0.05, 0.1) is 12.5 Å². The minimum Gasteiger partial charge on any atom is -0.464 e. The standard InChI is InChI=1S/C12H21N7O2/c1-3-21-12-16-10(18-13)15-11(17-12)19-6-4-5-8(7-19)9(20)14-2/h8H,3-7,13H2,1-2H3,(H,14,20)(H,15,16,17,18). The summed E-state index contributed by atoms with van der Waals surface area (Å²) in [7, 11) is 1.65. The molecule has 1 unspecified atom stereocenters. The van der Waals surface area contributed by atoms with Crippen LogP contribution in [0.25, 0.3) is 0 Å². The predicted octanol–water partition coefficient (Wildman–Crippen LogP) is -0.482. The number of nitrogens with two attached hydrogens (primary N) is 1. The Labute approximate surface area is 123 Å². The van der Waals surface area contributed by atoms with Gasteiger partial charge in [-0.15, -0.1) is 0 Å². The molecule has 9 heteroatoms. The van der Waals surface area contributed by atoms with Crippen molar-refractivity contribution in [3.05, 3.63) is 0 Å². The summed E-state index contributed by atoms with van der Waals surface area (Å²) in [4.78, 5) is 26.3. The highest BCUT2D eigenvalue weighted by atomic mass is 16.5. The summed E-state index contributed by atoms with van der Waals surface area (Å²) in [5.41, 5.74) is 2.40. The van der Waals surface area contributed by atoms with Crippen LogP contribution in [0.5, 0.6) is 6.01 Å². The fourth-order valence-electron chi connectivity index (χ4n) is 2.32. The van der Waals surface area contributed by atoms with Gasteiger partial charge in [0, 0.05) is 20.1 Å². The number of nitrogen functional groups attached to an aromatic ring is 1. The SMILES string of the molecule is CCOc1nc(NN)nc(N2CCCC(C(=O)NC)C2)n1. The first-order chi connectivity index (χ1) is 10.2. The van der Waals surface area contributed by atoms with Gasteiger partial charge in [-0.1, -0.05) is 0 Å². The molecule has 0 bridgehead atoms. The van der Waals surface area contributed by atoms with E-state index in [1.54, 1.807) is 7.05 Å². The first-order valence-corrected chi connectivity index (χ1v) is 7.00. The molecule has 0 saturated carbocycles. The van der Waals surface area contributed by atoms with Gasteiger partial charge in [-0.05, 0) is 19.8 Å². The number of carbonyl (C=O) groups excluding carboxylic acids is 1. The maximum absolute atomic E-state index is 11.8. The molecule has 21 heavy (non-hydrogen) atoms. The largest absolute Gasteiger partial charge is 0.464 e. The predicted molar refractivity (Wildman–Crippen MR) is 77.8 cm³/mol. The molecule has 1 aromatic rings. The maximum Gasteiger partial charge on any atom is 0.323 e. The van der Waals surface area contributed by atoms with Crippen LogP contribution in [0.15, 0.2) is 0 Å². The molecule has 9 nitrogen and oxygen atoms in total. The lowest BCUT2D eigenvalue weighted by Gasteiger charge is -2.31. The van der Waals surface area contributed by atoms with Crippen molar-refractivity contribution < 1.29 is 9.53 Å². The number of hydrogen-bond acceptors (Lipinski definition) is 8. The molecular weight excluding hydrogens is 274 g/mol. The number of rotatable bonds is 5. The molecule has 0 aromatic carbocycles. The van der Waals surface area contributed by atoms with Crippen molar-refractivity contribution in [3.63, 3.8) is 0 Å². The van der Waals surface area contributed by atoms with Crippen molar-refractivity contribution in [2.45, 2.75) is 19.8 Å². The van der Waals surface area contributed by atoms with Crippen molar-refractivity contribution in [1.82, 2.24) is 20.3 Å². The summed E-state index contributed by atoms with van der Waals surface area (Å²) in [6.45, 7) is 3.65. The zero-order valence-electron chi connectivity index (χ0n) is 12.3. The molecule has 0 radical (unpaired) electrons. The summed E-state index contributed by atoms with van der Waals surface area (Å²) >= 11 is 0. The van der Waals surface area contributed by atoms with E-state index >= 15 is 0 Å². The third kappa shape index (κ3) is 3.69. The van der Waals surface area contributed by atoms with Crippen LogP contribution in [0.4, 0.5) is 11.9 Å². The number of nitrogens with one attached hydrogen (secondary N) is 2. The zero-order valence-corrected chi connectivity index (χ0v) is 12.3. The van der Waals surface area contributed by atoms with Crippen LogP contribution in [0.3, 0.4) is 0 Å². The lowest BCUT2D eigenvalue weighted by Crippen LogP contribution is -2.43. The average molecular weight is 295 g/mol. The van der Waals surface area contributed by atoms with Gasteiger partial charge in [-0.2, -0.15) is 15.0 Å². The fraction of sp³-hybridized carbons (Fsp3) is 0.667. The van der Waals surface area contributed by atoms with Gasteiger partial charge in [-0.25, -0.2) is 5.84 Å². The van der Waals surface area contributed by atoms with E-state index in [4.69, 9.17) is 10.6 Å². The van der Waals surface area contributed by atoms with E-state index in [-0.39, 0.29) is 23.8 Å². The van der Waals surface area contributed by atoms with E-state index in [0.717, 1.165) is 19.4 Å². The minimum absolute atomic E-state index is 0.0379. The van der Waals surface area contributed by atoms with Crippen LogP contribution in [0.2, 0.25) is 0 Å². The molecule has 1 atom stereocenters. The number of amides is 1. The molecule has 1 aromatic heterocycles. The number of hydrazine groups is 1.